The number of carbonyl (C=O) groups excluding carboxylic acids is 1. The Morgan fingerprint density at radius 3 is 2.74 bits per heavy atom. The molecule has 0 spiro atoms. The number of nitrogens with one attached hydrogen (secondary N) is 2. The number of rotatable bonds is 5. The first-order chi connectivity index (χ1) is 11.2. The van der Waals surface area contributed by atoms with Crippen LogP contribution in [-0.4, -0.2) is 18.0 Å². The molecule has 23 heavy (non-hydrogen) atoms. The molecule has 3 aromatic rings. The molecule has 1 heterocycles. The Kier molecular flexibility index (Phi) is 4.28. The summed E-state index contributed by atoms with van der Waals surface area (Å²) >= 11 is 0. The summed E-state index contributed by atoms with van der Waals surface area (Å²) in [6.07, 6.45) is 2.00. The lowest BCUT2D eigenvalue weighted by molar-refractivity contribution is -0.120. The largest absolute Gasteiger partial charge is 0.497 e. The smallest absolute Gasteiger partial charge is 0.224 e. The standard InChI is InChI=1S/C18H17FN2O2/c1-23-15-5-2-12(3-6-15)10-21-18(22)8-13-11-20-17-9-14(19)4-7-16(13)17/h2-7,9,11,20H,8,10H2,1H3,(H,21,22). The molecule has 5 heteroatoms. The van der Waals surface area contributed by atoms with Gasteiger partial charge < -0.3 is 15.0 Å². The van der Waals surface area contributed by atoms with Crippen molar-refractivity contribution in [2.75, 3.05) is 7.11 Å². The van der Waals surface area contributed by atoms with Gasteiger partial charge in [0.25, 0.3) is 0 Å². The van der Waals surface area contributed by atoms with Crippen molar-refractivity contribution in [2.24, 2.45) is 0 Å². The summed E-state index contributed by atoms with van der Waals surface area (Å²) in [6.45, 7) is 0.458. The molecule has 3 rings (SSSR count). The van der Waals surface area contributed by atoms with Crippen molar-refractivity contribution in [1.82, 2.24) is 10.3 Å². The average molecular weight is 312 g/mol. The van der Waals surface area contributed by atoms with Crippen LogP contribution in [0.15, 0.2) is 48.7 Å². The SMILES string of the molecule is COc1ccc(CNC(=O)Cc2c[nH]c3cc(F)ccc23)cc1. The highest BCUT2D eigenvalue weighted by atomic mass is 19.1. The van der Waals surface area contributed by atoms with Gasteiger partial charge in [0.2, 0.25) is 5.91 Å². The zero-order chi connectivity index (χ0) is 16.2. The van der Waals surface area contributed by atoms with E-state index in [4.69, 9.17) is 4.74 Å². The van der Waals surface area contributed by atoms with Crippen molar-refractivity contribution in [1.29, 1.82) is 0 Å². The fourth-order valence-electron chi connectivity index (χ4n) is 2.48. The van der Waals surface area contributed by atoms with Gasteiger partial charge in [-0.2, -0.15) is 0 Å². The Balaban J connectivity index is 1.62. The van der Waals surface area contributed by atoms with Gasteiger partial charge in [-0.1, -0.05) is 12.1 Å². The molecule has 0 radical (unpaired) electrons. The average Bonchev–Trinajstić information content (AvgIpc) is 2.95. The molecule has 0 aliphatic heterocycles. The lowest BCUT2D eigenvalue weighted by atomic mass is 10.1. The topological polar surface area (TPSA) is 54.1 Å². The van der Waals surface area contributed by atoms with Crippen LogP contribution in [-0.2, 0) is 17.8 Å². The van der Waals surface area contributed by atoms with Gasteiger partial charge in [0.05, 0.1) is 13.5 Å². The monoisotopic (exact) mass is 312 g/mol. The lowest BCUT2D eigenvalue weighted by Gasteiger charge is -2.06. The molecule has 0 fully saturated rings. The van der Waals surface area contributed by atoms with Crippen LogP contribution in [0.25, 0.3) is 10.9 Å². The van der Waals surface area contributed by atoms with Crippen LogP contribution in [0.4, 0.5) is 4.39 Å². The van der Waals surface area contributed by atoms with Gasteiger partial charge in [-0.25, -0.2) is 4.39 Å². The van der Waals surface area contributed by atoms with Gasteiger partial charge in [-0.05, 0) is 41.5 Å². The molecular weight excluding hydrogens is 295 g/mol. The summed E-state index contributed by atoms with van der Waals surface area (Å²) in [5.41, 5.74) is 2.55. The second-order valence-corrected chi connectivity index (χ2v) is 5.31. The number of amides is 1. The number of hydrogen-bond donors (Lipinski definition) is 2. The second kappa shape index (κ2) is 6.52. The number of carbonyl (C=O) groups is 1. The molecule has 0 saturated carbocycles. The van der Waals surface area contributed by atoms with Crippen molar-refractivity contribution >= 4 is 16.8 Å². The fraction of sp³-hybridized carbons (Fsp3) is 0.167. The van der Waals surface area contributed by atoms with E-state index in [1.807, 2.05) is 24.3 Å². The normalized spacial score (nSPS) is 10.7. The van der Waals surface area contributed by atoms with E-state index in [0.29, 0.717) is 12.1 Å². The summed E-state index contributed by atoms with van der Waals surface area (Å²) in [6, 6.07) is 12.0. The highest BCUT2D eigenvalue weighted by Gasteiger charge is 2.09. The number of fused-ring (bicyclic) bond motifs is 1. The van der Waals surface area contributed by atoms with E-state index in [1.165, 1.54) is 12.1 Å². The summed E-state index contributed by atoms with van der Waals surface area (Å²) in [4.78, 5) is 15.1. The van der Waals surface area contributed by atoms with Crippen molar-refractivity contribution in [3.8, 4) is 5.75 Å². The van der Waals surface area contributed by atoms with Crippen molar-refractivity contribution in [3.63, 3.8) is 0 Å². The minimum absolute atomic E-state index is 0.0777. The molecule has 1 aromatic heterocycles. The highest BCUT2D eigenvalue weighted by molar-refractivity contribution is 5.88. The van der Waals surface area contributed by atoms with Gasteiger partial charge in [-0.3, -0.25) is 4.79 Å². The van der Waals surface area contributed by atoms with E-state index in [0.717, 1.165) is 22.3 Å². The molecule has 118 valence electrons. The number of aromatic nitrogens is 1. The maximum Gasteiger partial charge on any atom is 0.224 e. The third-order valence-electron chi connectivity index (χ3n) is 3.73. The van der Waals surface area contributed by atoms with Crippen LogP contribution >= 0.6 is 0 Å². The summed E-state index contributed by atoms with van der Waals surface area (Å²) in [7, 11) is 1.61. The second-order valence-electron chi connectivity index (χ2n) is 5.31. The quantitative estimate of drug-likeness (QED) is 0.760. The Morgan fingerprint density at radius 1 is 1.22 bits per heavy atom. The zero-order valence-electron chi connectivity index (χ0n) is 12.7. The molecule has 2 N–H and O–H groups in total. The number of H-pyrrole nitrogens is 1. The predicted molar refractivity (Wildman–Crippen MR) is 86.8 cm³/mol. The first kappa shape index (κ1) is 15.1. The number of ether oxygens (including phenoxy) is 1. The molecular formula is C18H17FN2O2. The molecule has 4 nitrogen and oxygen atoms in total. The molecule has 1 amide bonds. The van der Waals surface area contributed by atoms with E-state index < -0.39 is 0 Å². The Bertz CT molecular complexity index is 825. The Hall–Kier alpha value is -2.82. The fourth-order valence-corrected chi connectivity index (χ4v) is 2.48. The van der Waals surface area contributed by atoms with Crippen LogP contribution in [0.2, 0.25) is 0 Å². The number of hydrogen-bond acceptors (Lipinski definition) is 2. The Labute approximate surface area is 133 Å². The minimum atomic E-state index is -0.296. The minimum Gasteiger partial charge on any atom is -0.497 e. The van der Waals surface area contributed by atoms with Crippen LogP contribution in [0, 0.1) is 5.82 Å². The van der Waals surface area contributed by atoms with E-state index in [2.05, 4.69) is 10.3 Å². The van der Waals surface area contributed by atoms with Crippen molar-refractivity contribution < 1.29 is 13.9 Å². The van der Waals surface area contributed by atoms with Crippen LogP contribution < -0.4 is 10.1 Å². The molecule has 0 aliphatic carbocycles. The molecule has 0 unspecified atom stereocenters. The van der Waals surface area contributed by atoms with Gasteiger partial charge in [0.1, 0.15) is 11.6 Å². The first-order valence-corrected chi connectivity index (χ1v) is 7.31. The molecule has 2 aromatic carbocycles. The van der Waals surface area contributed by atoms with Crippen LogP contribution in [0.3, 0.4) is 0 Å². The van der Waals surface area contributed by atoms with E-state index in [9.17, 15) is 9.18 Å². The maximum atomic E-state index is 13.2. The first-order valence-electron chi connectivity index (χ1n) is 7.31. The molecule has 0 atom stereocenters. The summed E-state index contributed by atoms with van der Waals surface area (Å²) < 4.78 is 18.3. The summed E-state index contributed by atoms with van der Waals surface area (Å²) in [5, 5.41) is 3.75. The van der Waals surface area contributed by atoms with Crippen LogP contribution in [0.1, 0.15) is 11.1 Å². The number of benzene rings is 2. The number of aromatic amines is 1. The highest BCUT2D eigenvalue weighted by Crippen LogP contribution is 2.19. The maximum absolute atomic E-state index is 13.2. The van der Waals surface area contributed by atoms with Gasteiger partial charge in [0, 0.05) is 23.6 Å². The molecule has 0 aliphatic rings. The van der Waals surface area contributed by atoms with Crippen molar-refractivity contribution in [2.45, 2.75) is 13.0 Å². The Morgan fingerprint density at radius 2 is 2.00 bits per heavy atom. The lowest BCUT2D eigenvalue weighted by Crippen LogP contribution is -2.24. The zero-order valence-corrected chi connectivity index (χ0v) is 12.7. The number of halogens is 1. The predicted octanol–water partition coefficient (Wildman–Crippen LogP) is 3.17. The van der Waals surface area contributed by atoms with Gasteiger partial charge in [-0.15, -0.1) is 0 Å². The van der Waals surface area contributed by atoms with E-state index >= 15 is 0 Å². The molecule has 0 bridgehead atoms. The number of methoxy groups -OCH3 is 1. The third-order valence-corrected chi connectivity index (χ3v) is 3.73. The van der Waals surface area contributed by atoms with E-state index in [1.54, 1.807) is 19.4 Å². The van der Waals surface area contributed by atoms with E-state index in [-0.39, 0.29) is 18.1 Å². The van der Waals surface area contributed by atoms with Gasteiger partial charge >= 0.3 is 0 Å². The van der Waals surface area contributed by atoms with Crippen molar-refractivity contribution in [3.05, 3.63) is 65.6 Å². The molecule has 0 saturated heterocycles. The van der Waals surface area contributed by atoms with Gasteiger partial charge in [0.15, 0.2) is 0 Å². The summed E-state index contributed by atoms with van der Waals surface area (Å²) in [5.74, 6) is 0.409. The van der Waals surface area contributed by atoms with Crippen LogP contribution in [0.5, 0.6) is 5.75 Å². The third kappa shape index (κ3) is 3.51.